The molecule has 19 heavy (non-hydrogen) atoms. The zero-order chi connectivity index (χ0) is 13.8. The van der Waals surface area contributed by atoms with Gasteiger partial charge >= 0.3 is 0 Å². The third-order valence-electron chi connectivity index (χ3n) is 4.91. The van der Waals surface area contributed by atoms with Crippen LogP contribution in [0.25, 0.3) is 0 Å². The van der Waals surface area contributed by atoms with Crippen LogP contribution in [0.3, 0.4) is 0 Å². The molecular weight excluding hydrogens is 232 g/mol. The van der Waals surface area contributed by atoms with E-state index in [1.54, 1.807) is 0 Å². The van der Waals surface area contributed by atoms with Crippen molar-refractivity contribution in [1.29, 1.82) is 0 Å². The van der Waals surface area contributed by atoms with E-state index < -0.39 is 0 Å². The van der Waals surface area contributed by atoms with Gasteiger partial charge in [0.1, 0.15) is 0 Å². The molecule has 3 atom stereocenters. The molecule has 1 fully saturated rings. The van der Waals surface area contributed by atoms with E-state index in [0.29, 0.717) is 6.04 Å². The second kappa shape index (κ2) is 6.42. The Morgan fingerprint density at radius 2 is 2.16 bits per heavy atom. The largest absolute Gasteiger partial charge is 0.399 e. The van der Waals surface area contributed by atoms with E-state index in [1.165, 1.54) is 37.7 Å². The lowest BCUT2D eigenvalue weighted by atomic mass is 9.83. The van der Waals surface area contributed by atoms with Crippen LogP contribution < -0.4 is 5.73 Å². The van der Waals surface area contributed by atoms with Gasteiger partial charge < -0.3 is 5.73 Å². The van der Waals surface area contributed by atoms with Gasteiger partial charge in [0.2, 0.25) is 0 Å². The van der Waals surface area contributed by atoms with Crippen molar-refractivity contribution in [2.75, 3.05) is 12.8 Å². The average molecular weight is 260 g/mol. The maximum atomic E-state index is 5.90. The summed E-state index contributed by atoms with van der Waals surface area (Å²) in [5.41, 5.74) is 8.10. The molecule has 1 aliphatic rings. The highest BCUT2D eigenvalue weighted by molar-refractivity contribution is 5.41. The van der Waals surface area contributed by atoms with E-state index in [4.69, 9.17) is 5.73 Å². The highest BCUT2D eigenvalue weighted by Gasteiger charge is 2.26. The standard InChI is InChI=1S/C17H28N2/c1-4-14-7-5-10-17(11-14)19(3)13(2)15-8-6-9-16(18)12-15/h6,8-9,12-14,17H,4-5,7,10-11,18H2,1-3H3. The summed E-state index contributed by atoms with van der Waals surface area (Å²) in [5, 5.41) is 0. The molecule has 2 N–H and O–H groups in total. The van der Waals surface area contributed by atoms with E-state index in [0.717, 1.165) is 17.6 Å². The zero-order valence-corrected chi connectivity index (χ0v) is 12.6. The SMILES string of the molecule is CCC1CCCC(N(C)C(C)c2cccc(N)c2)C1. The number of nitrogen functional groups attached to an aromatic ring is 1. The maximum absolute atomic E-state index is 5.90. The van der Waals surface area contributed by atoms with Gasteiger partial charge in [-0.2, -0.15) is 0 Å². The van der Waals surface area contributed by atoms with Crippen LogP contribution in [0.4, 0.5) is 5.69 Å². The molecule has 2 heteroatoms. The fourth-order valence-corrected chi connectivity index (χ4v) is 3.37. The van der Waals surface area contributed by atoms with Gasteiger partial charge in [-0.1, -0.05) is 38.3 Å². The van der Waals surface area contributed by atoms with Crippen molar-refractivity contribution in [3.05, 3.63) is 29.8 Å². The summed E-state index contributed by atoms with van der Waals surface area (Å²) < 4.78 is 0. The zero-order valence-electron chi connectivity index (χ0n) is 12.6. The topological polar surface area (TPSA) is 29.3 Å². The summed E-state index contributed by atoms with van der Waals surface area (Å²) in [6.45, 7) is 4.62. The molecule has 1 aromatic carbocycles. The van der Waals surface area contributed by atoms with Crippen LogP contribution >= 0.6 is 0 Å². The fourth-order valence-electron chi connectivity index (χ4n) is 3.37. The van der Waals surface area contributed by atoms with Crippen LogP contribution in [-0.2, 0) is 0 Å². The first-order valence-corrected chi connectivity index (χ1v) is 7.69. The maximum Gasteiger partial charge on any atom is 0.0320 e. The summed E-state index contributed by atoms with van der Waals surface area (Å²) in [6.07, 6.45) is 6.85. The lowest BCUT2D eigenvalue weighted by Crippen LogP contribution is -2.37. The Labute approximate surface area is 118 Å². The van der Waals surface area contributed by atoms with Gasteiger partial charge in [-0.25, -0.2) is 0 Å². The lowest BCUT2D eigenvalue weighted by Gasteiger charge is -2.38. The second-order valence-electron chi connectivity index (χ2n) is 6.11. The number of hydrogen-bond acceptors (Lipinski definition) is 2. The molecule has 0 aliphatic heterocycles. The van der Waals surface area contributed by atoms with Gasteiger partial charge in [0.25, 0.3) is 0 Å². The predicted molar refractivity (Wildman–Crippen MR) is 83.1 cm³/mol. The molecule has 0 amide bonds. The summed E-state index contributed by atoms with van der Waals surface area (Å²) in [7, 11) is 2.27. The van der Waals surface area contributed by atoms with Gasteiger partial charge in [-0.05, 0) is 50.4 Å². The molecule has 1 aliphatic carbocycles. The van der Waals surface area contributed by atoms with E-state index in [-0.39, 0.29) is 0 Å². The molecule has 0 heterocycles. The summed E-state index contributed by atoms with van der Waals surface area (Å²) in [5.74, 6) is 0.925. The van der Waals surface area contributed by atoms with Crippen molar-refractivity contribution in [2.45, 2.75) is 58.0 Å². The van der Waals surface area contributed by atoms with E-state index >= 15 is 0 Å². The van der Waals surface area contributed by atoms with E-state index in [9.17, 15) is 0 Å². The second-order valence-corrected chi connectivity index (χ2v) is 6.11. The molecule has 0 aromatic heterocycles. The highest BCUT2D eigenvalue weighted by Crippen LogP contribution is 2.33. The average Bonchev–Trinajstić information content (AvgIpc) is 2.45. The summed E-state index contributed by atoms with van der Waals surface area (Å²) in [6, 6.07) is 9.51. The van der Waals surface area contributed by atoms with Crippen LogP contribution in [0.15, 0.2) is 24.3 Å². The third kappa shape index (κ3) is 3.50. The first-order chi connectivity index (χ1) is 9.11. The van der Waals surface area contributed by atoms with Crippen molar-refractivity contribution >= 4 is 5.69 Å². The van der Waals surface area contributed by atoms with Crippen LogP contribution in [0.2, 0.25) is 0 Å². The smallest absolute Gasteiger partial charge is 0.0320 e. The Balaban J connectivity index is 2.04. The minimum atomic E-state index is 0.448. The monoisotopic (exact) mass is 260 g/mol. The summed E-state index contributed by atoms with van der Waals surface area (Å²) >= 11 is 0. The molecule has 0 bridgehead atoms. The molecule has 1 aromatic rings. The number of nitrogens with two attached hydrogens (primary N) is 1. The van der Waals surface area contributed by atoms with E-state index in [2.05, 4.69) is 44.0 Å². The molecular formula is C17H28N2. The Bertz CT molecular complexity index is 402. The predicted octanol–water partition coefficient (Wildman–Crippen LogP) is 4.23. The normalized spacial score (nSPS) is 25.5. The Morgan fingerprint density at radius 3 is 2.84 bits per heavy atom. The third-order valence-corrected chi connectivity index (χ3v) is 4.91. The van der Waals surface area contributed by atoms with Gasteiger partial charge in [0.15, 0.2) is 0 Å². The number of benzene rings is 1. The molecule has 106 valence electrons. The van der Waals surface area contributed by atoms with Crippen molar-refractivity contribution in [2.24, 2.45) is 5.92 Å². The first kappa shape index (κ1) is 14.4. The van der Waals surface area contributed by atoms with Crippen molar-refractivity contribution in [3.63, 3.8) is 0 Å². The quantitative estimate of drug-likeness (QED) is 0.821. The van der Waals surface area contributed by atoms with Gasteiger partial charge in [-0.3, -0.25) is 4.90 Å². The van der Waals surface area contributed by atoms with Crippen LogP contribution in [0.5, 0.6) is 0 Å². The molecule has 0 spiro atoms. The summed E-state index contributed by atoms with van der Waals surface area (Å²) in [4.78, 5) is 2.55. The van der Waals surface area contributed by atoms with Crippen LogP contribution in [0, 0.1) is 5.92 Å². The van der Waals surface area contributed by atoms with Gasteiger partial charge in [-0.15, -0.1) is 0 Å². The highest BCUT2D eigenvalue weighted by atomic mass is 15.2. The van der Waals surface area contributed by atoms with Crippen molar-refractivity contribution in [1.82, 2.24) is 4.90 Å². The number of rotatable bonds is 4. The molecule has 2 nitrogen and oxygen atoms in total. The molecule has 1 saturated carbocycles. The van der Waals surface area contributed by atoms with Crippen molar-refractivity contribution < 1.29 is 0 Å². The minimum absolute atomic E-state index is 0.448. The van der Waals surface area contributed by atoms with E-state index in [1.807, 2.05) is 6.07 Å². The molecule has 2 rings (SSSR count). The van der Waals surface area contributed by atoms with Crippen LogP contribution in [0.1, 0.15) is 57.6 Å². The molecule has 3 unspecified atom stereocenters. The Kier molecular flexibility index (Phi) is 4.87. The molecule has 0 radical (unpaired) electrons. The number of nitrogens with zero attached hydrogens (tertiary/aromatic N) is 1. The fraction of sp³-hybridized carbons (Fsp3) is 0.647. The van der Waals surface area contributed by atoms with Crippen LogP contribution in [-0.4, -0.2) is 18.0 Å². The number of hydrogen-bond donors (Lipinski definition) is 1. The van der Waals surface area contributed by atoms with Gasteiger partial charge in [0.05, 0.1) is 0 Å². The Morgan fingerprint density at radius 1 is 1.37 bits per heavy atom. The number of anilines is 1. The first-order valence-electron chi connectivity index (χ1n) is 7.69. The van der Waals surface area contributed by atoms with Crippen molar-refractivity contribution in [3.8, 4) is 0 Å². The minimum Gasteiger partial charge on any atom is -0.399 e. The lowest BCUT2D eigenvalue weighted by molar-refractivity contribution is 0.120. The van der Waals surface area contributed by atoms with Gasteiger partial charge in [0, 0.05) is 17.8 Å². The Hall–Kier alpha value is -1.02. The molecule has 0 saturated heterocycles.